The van der Waals surface area contributed by atoms with Crippen molar-refractivity contribution in [1.29, 1.82) is 0 Å². The number of hydrogen-bond acceptors (Lipinski definition) is 3. The van der Waals surface area contributed by atoms with E-state index >= 15 is 0 Å². The summed E-state index contributed by atoms with van der Waals surface area (Å²) in [5, 5.41) is 23.2. The molecule has 0 aliphatic heterocycles. The molecular weight excluding hydrogens is 771 g/mol. The molecule has 0 heterocycles. The number of unbranched alkanes of at least 4 members (excludes halogenated alkanes) is 42. The zero-order chi connectivity index (χ0) is 45.6. The number of carbonyl (C=O) groups is 1. The van der Waals surface area contributed by atoms with Crippen molar-refractivity contribution in [2.45, 2.75) is 328 Å². The van der Waals surface area contributed by atoms with Gasteiger partial charge in [-0.05, 0) is 51.4 Å². The Morgan fingerprint density at radius 1 is 0.381 bits per heavy atom. The second-order valence-corrected chi connectivity index (χ2v) is 19.7. The molecule has 0 radical (unpaired) electrons. The third kappa shape index (κ3) is 51.5. The summed E-state index contributed by atoms with van der Waals surface area (Å²) in [6.07, 6.45) is 74.5. The average Bonchev–Trinajstić information content (AvgIpc) is 3.29. The maximum Gasteiger partial charge on any atom is 0.220 e. The molecule has 0 aromatic carbocycles. The second-order valence-electron chi connectivity index (χ2n) is 19.7. The molecule has 2 unspecified atom stereocenters. The molecule has 1 amide bonds. The third-order valence-electron chi connectivity index (χ3n) is 13.4. The maximum atomic E-state index is 12.5. The number of allylic oxidation sites excluding steroid dienone is 5. The molecule has 0 aromatic heterocycles. The fraction of sp³-hybridized carbons (Fsp3) is 0.881. The molecule has 0 aromatic rings. The summed E-state index contributed by atoms with van der Waals surface area (Å²) >= 11 is 0. The van der Waals surface area contributed by atoms with Gasteiger partial charge in [0.25, 0.3) is 0 Å². The quantitative estimate of drug-likeness (QED) is 0.0421. The minimum atomic E-state index is -0.840. The monoisotopic (exact) mass is 884 g/mol. The summed E-state index contributed by atoms with van der Waals surface area (Å²) < 4.78 is 0. The van der Waals surface area contributed by atoms with Crippen molar-refractivity contribution in [2.75, 3.05) is 6.61 Å². The minimum absolute atomic E-state index is 0.0607. The lowest BCUT2D eigenvalue weighted by Crippen LogP contribution is -2.45. The number of rotatable bonds is 53. The molecule has 0 bridgehead atoms. The zero-order valence-electron chi connectivity index (χ0n) is 42.9. The molecule has 0 saturated heterocycles. The molecular formula is C59H113NO3. The molecule has 3 N–H and O–H groups in total. The Bertz CT molecular complexity index is 958. The topological polar surface area (TPSA) is 69.6 Å². The Morgan fingerprint density at radius 3 is 0.952 bits per heavy atom. The third-order valence-corrected chi connectivity index (χ3v) is 13.4. The van der Waals surface area contributed by atoms with Crippen LogP contribution in [0.3, 0.4) is 0 Å². The van der Waals surface area contributed by atoms with Gasteiger partial charge in [-0.3, -0.25) is 4.79 Å². The van der Waals surface area contributed by atoms with Gasteiger partial charge in [-0.2, -0.15) is 0 Å². The highest BCUT2D eigenvalue weighted by Gasteiger charge is 2.18. The lowest BCUT2D eigenvalue weighted by atomic mass is 10.0. The number of aliphatic hydroxyl groups excluding tert-OH is 2. The normalized spacial score (nSPS) is 13.0. The van der Waals surface area contributed by atoms with Crippen molar-refractivity contribution in [2.24, 2.45) is 0 Å². The van der Waals surface area contributed by atoms with Gasteiger partial charge >= 0.3 is 0 Å². The van der Waals surface area contributed by atoms with Crippen LogP contribution in [0.4, 0.5) is 0 Å². The Labute approximate surface area is 395 Å². The first-order chi connectivity index (χ1) is 31.2. The van der Waals surface area contributed by atoms with Crippen LogP contribution >= 0.6 is 0 Å². The fourth-order valence-corrected chi connectivity index (χ4v) is 8.98. The van der Waals surface area contributed by atoms with Crippen LogP contribution in [0.5, 0.6) is 0 Å². The van der Waals surface area contributed by atoms with Crippen molar-refractivity contribution in [1.82, 2.24) is 5.32 Å². The summed E-state index contributed by atoms with van der Waals surface area (Å²) in [6.45, 7) is 4.34. The molecule has 2 atom stereocenters. The number of aliphatic hydroxyl groups is 2. The average molecular weight is 885 g/mol. The largest absolute Gasteiger partial charge is 0.394 e. The molecule has 0 aliphatic rings. The fourth-order valence-electron chi connectivity index (χ4n) is 8.98. The Kier molecular flexibility index (Phi) is 53.7. The van der Waals surface area contributed by atoms with Gasteiger partial charge in [0.2, 0.25) is 5.91 Å². The number of nitrogens with one attached hydrogen (secondary N) is 1. The van der Waals surface area contributed by atoms with Gasteiger partial charge in [-0.25, -0.2) is 0 Å². The van der Waals surface area contributed by atoms with Crippen molar-refractivity contribution >= 4 is 5.91 Å². The van der Waals surface area contributed by atoms with Crippen molar-refractivity contribution < 1.29 is 15.0 Å². The summed E-state index contributed by atoms with van der Waals surface area (Å²) in [5.41, 5.74) is 0. The number of hydrogen-bond donors (Lipinski definition) is 3. The van der Waals surface area contributed by atoms with Crippen LogP contribution in [-0.4, -0.2) is 34.9 Å². The first-order valence-electron chi connectivity index (χ1n) is 28.7. The first kappa shape index (κ1) is 61.6. The van der Waals surface area contributed by atoms with E-state index in [1.165, 1.54) is 263 Å². The maximum absolute atomic E-state index is 12.5. The molecule has 372 valence electrons. The predicted octanol–water partition coefficient (Wildman–Crippen LogP) is 18.9. The van der Waals surface area contributed by atoms with E-state index in [1.807, 2.05) is 6.08 Å². The van der Waals surface area contributed by atoms with E-state index in [-0.39, 0.29) is 12.5 Å². The SMILES string of the molecule is CCCCCCCCCCC/C=C\C/C=C\CCCCCCCCCCCCCCCC(=O)NC(CO)C(O)/C=C/CCCCCCCCCCCCCCCCCCCCCC. The molecule has 4 nitrogen and oxygen atoms in total. The van der Waals surface area contributed by atoms with E-state index in [1.54, 1.807) is 6.08 Å². The van der Waals surface area contributed by atoms with Gasteiger partial charge < -0.3 is 15.5 Å². The van der Waals surface area contributed by atoms with Gasteiger partial charge in [0.05, 0.1) is 18.8 Å². The van der Waals surface area contributed by atoms with E-state index in [0.717, 1.165) is 32.1 Å². The number of carbonyl (C=O) groups excluding carboxylic acids is 1. The van der Waals surface area contributed by atoms with Crippen molar-refractivity contribution in [3.63, 3.8) is 0 Å². The smallest absolute Gasteiger partial charge is 0.220 e. The molecule has 0 rings (SSSR count). The molecule has 4 heteroatoms. The van der Waals surface area contributed by atoms with E-state index < -0.39 is 12.1 Å². The van der Waals surface area contributed by atoms with E-state index in [2.05, 4.69) is 43.5 Å². The molecule has 0 aliphatic carbocycles. The molecule has 0 spiro atoms. The van der Waals surface area contributed by atoms with Crippen LogP contribution in [0, 0.1) is 0 Å². The lowest BCUT2D eigenvalue weighted by molar-refractivity contribution is -0.123. The van der Waals surface area contributed by atoms with E-state index in [9.17, 15) is 15.0 Å². The van der Waals surface area contributed by atoms with E-state index in [4.69, 9.17) is 0 Å². The van der Waals surface area contributed by atoms with E-state index in [0.29, 0.717) is 6.42 Å². The van der Waals surface area contributed by atoms with Crippen LogP contribution in [0.1, 0.15) is 316 Å². The Morgan fingerprint density at radius 2 is 0.651 bits per heavy atom. The highest BCUT2D eigenvalue weighted by molar-refractivity contribution is 5.76. The van der Waals surface area contributed by atoms with Crippen LogP contribution in [0.25, 0.3) is 0 Å². The van der Waals surface area contributed by atoms with Gasteiger partial charge in [0.15, 0.2) is 0 Å². The van der Waals surface area contributed by atoms with Gasteiger partial charge in [-0.15, -0.1) is 0 Å². The highest BCUT2D eigenvalue weighted by atomic mass is 16.3. The molecule has 0 saturated carbocycles. The standard InChI is InChI=1S/C59H113NO3/c1-3-5-7-9-11-13-15-17-19-21-23-25-27-28-29-30-31-32-33-35-37-39-41-43-45-47-49-51-53-55-59(63)60-57(56-61)58(62)54-52-50-48-46-44-42-40-38-36-34-26-24-22-20-18-16-14-12-10-8-6-4-2/h23,25,28-29,52,54,57-58,61-62H,3-22,24,26-27,30-51,53,55-56H2,1-2H3,(H,60,63)/b25-23-,29-28-,54-52+. The van der Waals surface area contributed by atoms with Gasteiger partial charge in [-0.1, -0.05) is 294 Å². The molecule has 0 fully saturated rings. The van der Waals surface area contributed by atoms with Crippen molar-refractivity contribution in [3.05, 3.63) is 36.5 Å². The van der Waals surface area contributed by atoms with Crippen LogP contribution in [-0.2, 0) is 4.79 Å². The van der Waals surface area contributed by atoms with Crippen LogP contribution in [0.2, 0.25) is 0 Å². The highest BCUT2D eigenvalue weighted by Crippen LogP contribution is 2.17. The summed E-state index contributed by atoms with van der Waals surface area (Å²) in [7, 11) is 0. The zero-order valence-corrected chi connectivity index (χ0v) is 42.9. The second kappa shape index (κ2) is 54.9. The van der Waals surface area contributed by atoms with Crippen molar-refractivity contribution in [3.8, 4) is 0 Å². The van der Waals surface area contributed by atoms with Crippen LogP contribution in [0.15, 0.2) is 36.5 Å². The minimum Gasteiger partial charge on any atom is -0.394 e. The summed E-state index contributed by atoms with van der Waals surface area (Å²) in [5.74, 6) is -0.0607. The number of amides is 1. The van der Waals surface area contributed by atoms with Crippen LogP contribution < -0.4 is 5.32 Å². The first-order valence-corrected chi connectivity index (χ1v) is 28.7. The Hall–Kier alpha value is -1.39. The molecule has 63 heavy (non-hydrogen) atoms. The van der Waals surface area contributed by atoms with Gasteiger partial charge in [0, 0.05) is 6.42 Å². The lowest BCUT2D eigenvalue weighted by Gasteiger charge is -2.20. The Balaban J connectivity index is 3.48. The summed E-state index contributed by atoms with van der Waals surface area (Å²) in [6, 6.07) is -0.623. The predicted molar refractivity (Wildman–Crippen MR) is 281 cm³/mol. The summed E-state index contributed by atoms with van der Waals surface area (Å²) in [4.78, 5) is 12.5. The van der Waals surface area contributed by atoms with Gasteiger partial charge in [0.1, 0.15) is 0 Å².